The van der Waals surface area contributed by atoms with Crippen molar-refractivity contribution in [2.75, 3.05) is 5.32 Å². The monoisotopic (exact) mass is 264 g/mol. The molecule has 6 nitrogen and oxygen atoms in total. The van der Waals surface area contributed by atoms with Gasteiger partial charge in [0.25, 0.3) is 0 Å². The predicted molar refractivity (Wildman–Crippen MR) is 69.4 cm³/mol. The van der Waals surface area contributed by atoms with E-state index in [0.717, 1.165) is 12.8 Å². The van der Waals surface area contributed by atoms with E-state index < -0.39 is 5.97 Å². The van der Waals surface area contributed by atoms with Crippen molar-refractivity contribution in [3.8, 4) is 5.75 Å². The molecule has 0 heterocycles. The molecule has 1 aliphatic rings. The van der Waals surface area contributed by atoms with Crippen LogP contribution >= 0.6 is 0 Å². The smallest absolute Gasteiger partial charge is 0.339 e. The summed E-state index contributed by atoms with van der Waals surface area (Å²) in [7, 11) is 0. The van der Waals surface area contributed by atoms with Crippen LogP contribution in [0.3, 0.4) is 0 Å². The van der Waals surface area contributed by atoms with Crippen molar-refractivity contribution in [3.05, 3.63) is 23.8 Å². The number of urea groups is 1. The van der Waals surface area contributed by atoms with Gasteiger partial charge in [0, 0.05) is 17.8 Å². The summed E-state index contributed by atoms with van der Waals surface area (Å²) in [6, 6.07) is 3.75. The number of carboxylic acid groups (broad SMARTS) is 1. The van der Waals surface area contributed by atoms with Gasteiger partial charge in [0.15, 0.2) is 0 Å². The van der Waals surface area contributed by atoms with E-state index in [-0.39, 0.29) is 23.4 Å². The number of hydrogen-bond acceptors (Lipinski definition) is 3. The number of rotatable bonds is 3. The molecule has 0 radical (unpaired) electrons. The highest BCUT2D eigenvalue weighted by Crippen LogP contribution is 2.26. The van der Waals surface area contributed by atoms with Crippen molar-refractivity contribution >= 4 is 17.7 Å². The van der Waals surface area contributed by atoms with Crippen molar-refractivity contribution in [3.63, 3.8) is 0 Å². The van der Waals surface area contributed by atoms with Gasteiger partial charge in [-0.15, -0.1) is 0 Å². The average molecular weight is 264 g/mol. The summed E-state index contributed by atoms with van der Waals surface area (Å²) in [6.07, 6.45) is 1.94. The maximum atomic E-state index is 11.6. The molecule has 2 rings (SSSR count). The molecule has 6 heteroatoms. The van der Waals surface area contributed by atoms with Gasteiger partial charge >= 0.3 is 12.0 Å². The quantitative estimate of drug-likeness (QED) is 0.671. The van der Waals surface area contributed by atoms with Crippen LogP contribution in [0.4, 0.5) is 10.5 Å². The molecule has 0 spiro atoms. The molecule has 1 aromatic rings. The second-order valence-electron chi connectivity index (χ2n) is 4.91. The molecule has 1 saturated carbocycles. The summed E-state index contributed by atoms with van der Waals surface area (Å²) in [6.45, 7) is 2.12. The maximum Gasteiger partial charge on any atom is 0.339 e. The third kappa shape index (κ3) is 3.15. The van der Waals surface area contributed by atoms with Gasteiger partial charge in [-0.3, -0.25) is 0 Å². The molecular weight excluding hydrogens is 248 g/mol. The van der Waals surface area contributed by atoms with E-state index in [9.17, 15) is 14.7 Å². The van der Waals surface area contributed by atoms with E-state index >= 15 is 0 Å². The highest BCUT2D eigenvalue weighted by molar-refractivity contribution is 5.94. The Balaban J connectivity index is 1.93. The van der Waals surface area contributed by atoms with E-state index in [0.29, 0.717) is 11.6 Å². The molecule has 0 aliphatic heterocycles. The van der Waals surface area contributed by atoms with Gasteiger partial charge in [-0.2, -0.15) is 0 Å². The third-order valence-corrected chi connectivity index (χ3v) is 3.20. The Morgan fingerprint density at radius 3 is 2.53 bits per heavy atom. The lowest BCUT2D eigenvalue weighted by atomic mass is 9.82. The first-order chi connectivity index (χ1) is 8.95. The second kappa shape index (κ2) is 5.17. The minimum absolute atomic E-state index is 0.196. The summed E-state index contributed by atoms with van der Waals surface area (Å²) >= 11 is 0. The number of carbonyl (C=O) groups excluding carboxylic acids is 1. The lowest BCUT2D eigenvalue weighted by molar-refractivity contribution is 0.0694. The van der Waals surface area contributed by atoms with E-state index in [2.05, 4.69) is 17.6 Å². The summed E-state index contributed by atoms with van der Waals surface area (Å²) in [5.74, 6) is -0.941. The van der Waals surface area contributed by atoms with Crippen LogP contribution in [0.25, 0.3) is 0 Å². The van der Waals surface area contributed by atoms with Crippen molar-refractivity contribution < 1.29 is 19.8 Å². The van der Waals surface area contributed by atoms with Crippen LogP contribution < -0.4 is 10.6 Å². The molecule has 102 valence electrons. The normalized spacial score (nSPS) is 21.3. The van der Waals surface area contributed by atoms with Gasteiger partial charge < -0.3 is 20.8 Å². The SMILES string of the molecule is CC1CC(NC(=O)Nc2ccc(C(=O)O)c(O)c2)C1. The fourth-order valence-electron chi connectivity index (χ4n) is 2.16. The molecule has 0 saturated heterocycles. The summed E-state index contributed by atoms with van der Waals surface area (Å²) in [4.78, 5) is 22.4. The first-order valence-corrected chi connectivity index (χ1v) is 6.09. The second-order valence-corrected chi connectivity index (χ2v) is 4.91. The highest BCUT2D eigenvalue weighted by Gasteiger charge is 2.26. The standard InChI is InChI=1S/C13H16N2O4/c1-7-4-9(5-7)15-13(19)14-8-2-3-10(12(17)18)11(16)6-8/h2-3,6-7,9,16H,4-5H2,1H3,(H,17,18)(H2,14,15,19). The topological polar surface area (TPSA) is 98.7 Å². The zero-order valence-electron chi connectivity index (χ0n) is 10.5. The van der Waals surface area contributed by atoms with E-state index in [1.54, 1.807) is 0 Å². The number of hydrogen-bond donors (Lipinski definition) is 4. The number of nitrogens with one attached hydrogen (secondary N) is 2. The van der Waals surface area contributed by atoms with Gasteiger partial charge in [-0.1, -0.05) is 6.92 Å². The number of benzene rings is 1. The van der Waals surface area contributed by atoms with E-state index in [1.165, 1.54) is 18.2 Å². The number of aromatic carboxylic acids is 1. The molecule has 19 heavy (non-hydrogen) atoms. The van der Waals surface area contributed by atoms with Crippen LogP contribution in [-0.2, 0) is 0 Å². The number of anilines is 1. The number of aromatic hydroxyl groups is 1. The predicted octanol–water partition coefficient (Wildman–Crippen LogP) is 2.01. The Labute approximate surface area is 110 Å². The maximum absolute atomic E-state index is 11.6. The highest BCUT2D eigenvalue weighted by atomic mass is 16.4. The van der Waals surface area contributed by atoms with Crippen LogP contribution in [0.1, 0.15) is 30.1 Å². The Morgan fingerprint density at radius 1 is 1.32 bits per heavy atom. The zero-order valence-corrected chi connectivity index (χ0v) is 10.5. The Kier molecular flexibility index (Phi) is 3.59. The molecule has 0 atom stereocenters. The molecule has 4 N–H and O–H groups in total. The Morgan fingerprint density at radius 2 is 2.00 bits per heavy atom. The van der Waals surface area contributed by atoms with Gasteiger partial charge in [0.2, 0.25) is 0 Å². The van der Waals surface area contributed by atoms with Crippen LogP contribution in [0.2, 0.25) is 0 Å². The Hall–Kier alpha value is -2.24. The molecule has 2 amide bonds. The molecule has 1 aliphatic carbocycles. The number of amides is 2. The van der Waals surface area contributed by atoms with Crippen LogP contribution in [0.15, 0.2) is 18.2 Å². The first-order valence-electron chi connectivity index (χ1n) is 6.09. The van der Waals surface area contributed by atoms with Crippen molar-refractivity contribution in [2.24, 2.45) is 5.92 Å². The fraction of sp³-hybridized carbons (Fsp3) is 0.385. The molecule has 0 unspecified atom stereocenters. The average Bonchev–Trinajstić information content (AvgIpc) is 2.26. The van der Waals surface area contributed by atoms with Gasteiger partial charge in [0.1, 0.15) is 11.3 Å². The summed E-state index contributed by atoms with van der Waals surface area (Å²) in [5.41, 5.74) is 0.158. The molecule has 0 aromatic heterocycles. The molecule has 1 fully saturated rings. The molecule has 1 aromatic carbocycles. The van der Waals surface area contributed by atoms with E-state index in [4.69, 9.17) is 5.11 Å². The Bertz CT molecular complexity index is 509. The molecular formula is C13H16N2O4. The lowest BCUT2D eigenvalue weighted by Crippen LogP contribution is -2.45. The van der Waals surface area contributed by atoms with Gasteiger partial charge in [-0.25, -0.2) is 9.59 Å². The molecule has 0 bridgehead atoms. The minimum Gasteiger partial charge on any atom is -0.507 e. The minimum atomic E-state index is -1.21. The van der Waals surface area contributed by atoms with Crippen molar-refractivity contribution in [2.45, 2.75) is 25.8 Å². The summed E-state index contributed by atoms with van der Waals surface area (Å²) < 4.78 is 0. The third-order valence-electron chi connectivity index (χ3n) is 3.20. The first kappa shape index (κ1) is 13.2. The van der Waals surface area contributed by atoms with Crippen molar-refractivity contribution in [1.82, 2.24) is 5.32 Å². The zero-order chi connectivity index (χ0) is 14.0. The fourth-order valence-corrected chi connectivity index (χ4v) is 2.16. The van der Waals surface area contributed by atoms with E-state index in [1.807, 2.05) is 0 Å². The van der Waals surface area contributed by atoms with Gasteiger partial charge in [-0.05, 0) is 30.9 Å². The van der Waals surface area contributed by atoms with Crippen LogP contribution in [-0.4, -0.2) is 28.3 Å². The van der Waals surface area contributed by atoms with Crippen molar-refractivity contribution in [1.29, 1.82) is 0 Å². The largest absolute Gasteiger partial charge is 0.507 e. The van der Waals surface area contributed by atoms with Crippen LogP contribution in [0.5, 0.6) is 5.75 Å². The summed E-state index contributed by atoms with van der Waals surface area (Å²) in [5, 5.41) is 23.6. The van der Waals surface area contributed by atoms with Crippen LogP contribution in [0, 0.1) is 5.92 Å². The van der Waals surface area contributed by atoms with Gasteiger partial charge in [0.05, 0.1) is 0 Å². The number of carbonyl (C=O) groups is 2. The number of carboxylic acids is 1. The number of phenols is 1. The lowest BCUT2D eigenvalue weighted by Gasteiger charge is -2.33.